The van der Waals surface area contributed by atoms with Crippen LogP contribution >= 0.6 is 11.3 Å². The van der Waals surface area contributed by atoms with Gasteiger partial charge in [0, 0.05) is 31.6 Å². The van der Waals surface area contributed by atoms with Gasteiger partial charge in [0.05, 0.1) is 6.20 Å². The molecule has 4 heterocycles. The highest BCUT2D eigenvalue weighted by Crippen LogP contribution is 2.43. The van der Waals surface area contributed by atoms with Crippen LogP contribution in [0.25, 0.3) is 0 Å². The molecular formula is C22H26N4O2S. The van der Waals surface area contributed by atoms with Gasteiger partial charge < -0.3 is 15.5 Å². The van der Waals surface area contributed by atoms with Gasteiger partial charge in [-0.25, -0.2) is 4.98 Å². The summed E-state index contributed by atoms with van der Waals surface area (Å²) in [6.45, 7) is 1.42. The lowest BCUT2D eigenvalue weighted by Gasteiger charge is -2.56. The lowest BCUT2D eigenvalue weighted by Crippen LogP contribution is -2.66. The summed E-state index contributed by atoms with van der Waals surface area (Å²) in [5, 5.41) is 0.427. The van der Waals surface area contributed by atoms with Crippen LogP contribution in [0.1, 0.15) is 40.9 Å². The molecule has 152 valence electrons. The van der Waals surface area contributed by atoms with E-state index >= 15 is 0 Å². The van der Waals surface area contributed by atoms with E-state index in [1.165, 1.54) is 16.9 Å². The zero-order chi connectivity index (χ0) is 20.0. The van der Waals surface area contributed by atoms with Crippen molar-refractivity contribution >= 4 is 28.3 Å². The molecule has 4 atom stereocenters. The number of rotatable bonds is 3. The van der Waals surface area contributed by atoms with Crippen LogP contribution in [0.2, 0.25) is 0 Å². The number of nitrogens with two attached hydrogens (primary N) is 1. The summed E-state index contributed by atoms with van der Waals surface area (Å²) in [5.74, 6) is 0.996. The normalized spacial score (nSPS) is 28.9. The van der Waals surface area contributed by atoms with Crippen molar-refractivity contribution in [2.45, 2.75) is 44.2 Å². The first-order chi connectivity index (χ1) is 14.1. The Bertz CT molecular complexity index is 915. The van der Waals surface area contributed by atoms with E-state index in [1.807, 2.05) is 11.0 Å². The van der Waals surface area contributed by atoms with Crippen molar-refractivity contribution in [3.05, 3.63) is 47.0 Å². The van der Waals surface area contributed by atoms with E-state index in [4.69, 9.17) is 5.73 Å². The van der Waals surface area contributed by atoms with Crippen molar-refractivity contribution in [2.24, 2.45) is 11.8 Å². The summed E-state index contributed by atoms with van der Waals surface area (Å²) >= 11 is 1.26. The summed E-state index contributed by atoms with van der Waals surface area (Å²) < 4.78 is 0. The maximum absolute atomic E-state index is 13.1. The van der Waals surface area contributed by atoms with Gasteiger partial charge in [0.2, 0.25) is 5.91 Å². The molecule has 1 aromatic carbocycles. The third-order valence-electron chi connectivity index (χ3n) is 6.81. The second-order valence-corrected chi connectivity index (χ2v) is 9.61. The highest BCUT2D eigenvalue weighted by molar-refractivity contribution is 7.17. The molecule has 0 unspecified atom stereocenters. The van der Waals surface area contributed by atoms with Crippen molar-refractivity contribution < 1.29 is 9.59 Å². The molecule has 3 aliphatic rings. The van der Waals surface area contributed by atoms with Crippen LogP contribution in [0.5, 0.6) is 0 Å². The standard InChI is InChI=1S/C22H26N4O2S/c23-22-24-11-19(29-22)21(28)25-12-15-10-16(13-25)18(9-14-5-2-1-3-6-14)26-17(15)7-4-8-20(26)27/h1-3,5-6,11,15-18H,4,7-10,12-13H2,(H2,23,24)/t15-,16+,17+,18+/m1/s1. The molecular weight excluding hydrogens is 384 g/mol. The van der Waals surface area contributed by atoms with Gasteiger partial charge in [-0.15, -0.1) is 0 Å². The van der Waals surface area contributed by atoms with Gasteiger partial charge in [-0.2, -0.15) is 0 Å². The molecule has 3 aliphatic heterocycles. The third kappa shape index (κ3) is 3.41. The fourth-order valence-electron chi connectivity index (χ4n) is 5.60. The van der Waals surface area contributed by atoms with Crippen molar-refractivity contribution in [1.29, 1.82) is 0 Å². The maximum Gasteiger partial charge on any atom is 0.265 e. The van der Waals surface area contributed by atoms with E-state index in [0.717, 1.165) is 32.2 Å². The number of carbonyl (C=O) groups is 2. The lowest BCUT2D eigenvalue weighted by molar-refractivity contribution is -0.151. The van der Waals surface area contributed by atoms with E-state index in [-0.39, 0.29) is 18.0 Å². The Kier molecular flexibility index (Phi) is 4.78. The Labute approximate surface area is 174 Å². The maximum atomic E-state index is 13.1. The summed E-state index contributed by atoms with van der Waals surface area (Å²) in [6, 6.07) is 10.8. The number of nitrogen functional groups attached to an aromatic ring is 1. The number of fused-ring (bicyclic) bond motifs is 4. The van der Waals surface area contributed by atoms with Crippen LogP contribution in [0.4, 0.5) is 5.13 Å². The van der Waals surface area contributed by atoms with Gasteiger partial charge in [0.15, 0.2) is 5.13 Å². The summed E-state index contributed by atoms with van der Waals surface area (Å²) in [5.41, 5.74) is 7.00. The fourth-order valence-corrected chi connectivity index (χ4v) is 6.25. The zero-order valence-electron chi connectivity index (χ0n) is 16.4. The van der Waals surface area contributed by atoms with E-state index in [2.05, 4.69) is 34.1 Å². The first-order valence-electron chi connectivity index (χ1n) is 10.5. The highest BCUT2D eigenvalue weighted by atomic mass is 32.1. The monoisotopic (exact) mass is 410 g/mol. The van der Waals surface area contributed by atoms with E-state index < -0.39 is 0 Å². The Morgan fingerprint density at radius 1 is 1.21 bits per heavy atom. The molecule has 0 aliphatic carbocycles. The smallest absolute Gasteiger partial charge is 0.265 e. The summed E-state index contributed by atoms with van der Waals surface area (Å²) in [6.07, 6.45) is 6.20. The third-order valence-corrected chi connectivity index (χ3v) is 7.62. The van der Waals surface area contributed by atoms with Crippen LogP contribution in [-0.2, 0) is 11.2 Å². The fraction of sp³-hybridized carbons (Fsp3) is 0.500. The van der Waals surface area contributed by atoms with E-state index in [1.54, 1.807) is 6.20 Å². The van der Waals surface area contributed by atoms with Crippen molar-refractivity contribution in [3.8, 4) is 0 Å². The summed E-state index contributed by atoms with van der Waals surface area (Å²) in [4.78, 5) is 34.9. The van der Waals surface area contributed by atoms with Gasteiger partial charge >= 0.3 is 0 Å². The predicted octanol–water partition coefficient (Wildman–Crippen LogP) is 2.81. The van der Waals surface area contributed by atoms with Crippen molar-refractivity contribution in [2.75, 3.05) is 18.8 Å². The minimum Gasteiger partial charge on any atom is -0.375 e. The molecule has 7 heteroatoms. The predicted molar refractivity (Wildman–Crippen MR) is 112 cm³/mol. The zero-order valence-corrected chi connectivity index (χ0v) is 17.2. The first kappa shape index (κ1) is 18.6. The molecule has 1 aromatic heterocycles. The second kappa shape index (κ2) is 7.44. The molecule has 0 radical (unpaired) electrons. The Morgan fingerprint density at radius 2 is 2.00 bits per heavy atom. The number of likely N-dealkylation sites (tertiary alicyclic amines) is 1. The van der Waals surface area contributed by atoms with Gasteiger partial charge in [0.1, 0.15) is 4.88 Å². The molecule has 0 spiro atoms. The topological polar surface area (TPSA) is 79.5 Å². The number of hydrogen-bond donors (Lipinski definition) is 1. The molecule has 2 amide bonds. The van der Waals surface area contributed by atoms with Crippen molar-refractivity contribution in [3.63, 3.8) is 0 Å². The van der Waals surface area contributed by atoms with E-state index in [0.29, 0.717) is 40.7 Å². The van der Waals surface area contributed by atoms with E-state index in [9.17, 15) is 9.59 Å². The molecule has 2 aromatic rings. The molecule has 29 heavy (non-hydrogen) atoms. The average molecular weight is 411 g/mol. The van der Waals surface area contributed by atoms with Crippen molar-refractivity contribution in [1.82, 2.24) is 14.8 Å². The number of amides is 2. The van der Waals surface area contributed by atoms with Crippen LogP contribution in [0.3, 0.4) is 0 Å². The molecule has 3 fully saturated rings. The van der Waals surface area contributed by atoms with Gasteiger partial charge in [-0.1, -0.05) is 41.7 Å². The summed E-state index contributed by atoms with van der Waals surface area (Å²) in [7, 11) is 0. The van der Waals surface area contributed by atoms with Crippen LogP contribution in [0.15, 0.2) is 36.5 Å². The van der Waals surface area contributed by atoms with Crippen LogP contribution in [0, 0.1) is 11.8 Å². The van der Waals surface area contributed by atoms with Gasteiger partial charge in [-0.05, 0) is 43.1 Å². The number of carbonyl (C=O) groups excluding carboxylic acids is 2. The number of anilines is 1. The minimum atomic E-state index is 0.0305. The second-order valence-electron chi connectivity index (χ2n) is 8.55. The Balaban J connectivity index is 1.44. The highest BCUT2D eigenvalue weighted by Gasteiger charge is 2.50. The number of nitrogens with zero attached hydrogens (tertiary/aromatic N) is 3. The molecule has 3 saturated heterocycles. The molecule has 2 bridgehead atoms. The Hall–Kier alpha value is -2.41. The number of piperidine rings is 3. The quantitative estimate of drug-likeness (QED) is 0.844. The average Bonchev–Trinajstić information content (AvgIpc) is 3.17. The van der Waals surface area contributed by atoms with Crippen LogP contribution in [-0.4, -0.2) is 51.8 Å². The number of thiazole rings is 1. The molecule has 6 nitrogen and oxygen atoms in total. The molecule has 2 N–H and O–H groups in total. The molecule has 5 rings (SSSR count). The van der Waals surface area contributed by atoms with Crippen LogP contribution < -0.4 is 5.73 Å². The van der Waals surface area contributed by atoms with Gasteiger partial charge in [0.25, 0.3) is 5.91 Å². The van der Waals surface area contributed by atoms with Gasteiger partial charge in [-0.3, -0.25) is 9.59 Å². The largest absolute Gasteiger partial charge is 0.375 e. The first-order valence-corrected chi connectivity index (χ1v) is 11.3. The number of hydrogen-bond acceptors (Lipinski definition) is 5. The molecule has 0 saturated carbocycles. The Morgan fingerprint density at radius 3 is 2.76 bits per heavy atom. The number of benzene rings is 1. The number of aromatic nitrogens is 1. The SMILES string of the molecule is Nc1ncc(C(=O)N2C[C@H]3C[C@@H](C2)[C@H](Cc2ccccc2)N2C(=O)CCC[C@@H]32)s1. The minimum absolute atomic E-state index is 0.0305. The lowest BCUT2D eigenvalue weighted by atomic mass is 9.70.